The van der Waals surface area contributed by atoms with Crippen LogP contribution in [-0.2, 0) is 6.42 Å². The molecule has 0 saturated heterocycles. The summed E-state index contributed by atoms with van der Waals surface area (Å²) in [6, 6.07) is 10.5. The Morgan fingerprint density at radius 1 is 1.14 bits per heavy atom. The molecule has 0 aliphatic heterocycles. The van der Waals surface area contributed by atoms with Crippen LogP contribution in [0.2, 0.25) is 0 Å². The van der Waals surface area contributed by atoms with Crippen LogP contribution in [0.1, 0.15) is 52.5 Å². The van der Waals surface area contributed by atoms with Gasteiger partial charge in [0, 0.05) is 18.9 Å². The zero-order valence-corrected chi connectivity index (χ0v) is 14.8. The Hall–Kier alpha value is -0.860. The van der Waals surface area contributed by atoms with Gasteiger partial charge in [0.15, 0.2) is 0 Å². The third-order valence-electron chi connectivity index (χ3n) is 5.44. The van der Waals surface area contributed by atoms with Crippen molar-refractivity contribution in [2.45, 2.75) is 59.0 Å². The van der Waals surface area contributed by atoms with Crippen molar-refractivity contribution >= 4 is 0 Å². The van der Waals surface area contributed by atoms with Crippen LogP contribution >= 0.6 is 0 Å². The minimum atomic E-state index is -0.578. The molecule has 1 aliphatic carbocycles. The lowest BCUT2D eigenvalue weighted by atomic mass is 9.62. The Labute approximate surface area is 136 Å². The number of nitrogens with zero attached hydrogens (tertiary/aromatic N) is 1. The second-order valence-electron chi connectivity index (χ2n) is 7.83. The summed E-state index contributed by atoms with van der Waals surface area (Å²) in [4.78, 5) is 2.46. The van der Waals surface area contributed by atoms with Gasteiger partial charge < -0.3 is 10.0 Å². The third kappa shape index (κ3) is 4.33. The number of hydrogen-bond acceptors (Lipinski definition) is 2. The molecule has 0 heterocycles. The summed E-state index contributed by atoms with van der Waals surface area (Å²) >= 11 is 0. The zero-order chi connectivity index (χ0) is 16.2. The predicted molar refractivity (Wildman–Crippen MR) is 94.0 cm³/mol. The van der Waals surface area contributed by atoms with Crippen molar-refractivity contribution in [2.75, 3.05) is 19.6 Å². The number of hydrogen-bond donors (Lipinski definition) is 1. The second kappa shape index (κ2) is 7.14. The first kappa shape index (κ1) is 17.5. The molecule has 2 unspecified atom stereocenters. The molecule has 0 amide bonds. The first-order chi connectivity index (χ1) is 10.4. The highest BCUT2D eigenvalue weighted by Crippen LogP contribution is 2.46. The standard InChI is InChI=1S/C20H33NO/c1-5-21(6-2)15-18-12-13-19(3,4)16-20(18,22)14-17-10-8-7-9-11-17/h7-11,18,22H,5-6,12-16H2,1-4H3. The Morgan fingerprint density at radius 2 is 1.77 bits per heavy atom. The van der Waals surface area contributed by atoms with Gasteiger partial charge in [-0.05, 0) is 43.3 Å². The zero-order valence-electron chi connectivity index (χ0n) is 14.8. The molecule has 1 aromatic rings. The molecule has 1 N–H and O–H groups in total. The summed E-state index contributed by atoms with van der Waals surface area (Å²) in [7, 11) is 0. The second-order valence-corrected chi connectivity index (χ2v) is 7.83. The van der Waals surface area contributed by atoms with Crippen LogP contribution in [-0.4, -0.2) is 35.2 Å². The van der Waals surface area contributed by atoms with Crippen LogP contribution in [0.3, 0.4) is 0 Å². The molecular formula is C20H33NO. The molecule has 1 aliphatic rings. The van der Waals surface area contributed by atoms with Crippen molar-refractivity contribution < 1.29 is 5.11 Å². The van der Waals surface area contributed by atoms with Crippen molar-refractivity contribution in [1.82, 2.24) is 4.90 Å². The van der Waals surface area contributed by atoms with Gasteiger partial charge in [0.1, 0.15) is 0 Å². The quantitative estimate of drug-likeness (QED) is 0.854. The van der Waals surface area contributed by atoms with Crippen molar-refractivity contribution in [3.8, 4) is 0 Å². The van der Waals surface area contributed by atoms with E-state index in [0.717, 1.165) is 38.9 Å². The Morgan fingerprint density at radius 3 is 2.36 bits per heavy atom. The molecule has 1 aromatic carbocycles. The molecule has 2 rings (SSSR count). The van der Waals surface area contributed by atoms with Crippen molar-refractivity contribution in [3.05, 3.63) is 35.9 Å². The average Bonchev–Trinajstić information content (AvgIpc) is 2.46. The van der Waals surface area contributed by atoms with Crippen molar-refractivity contribution in [2.24, 2.45) is 11.3 Å². The lowest BCUT2D eigenvalue weighted by Crippen LogP contribution is -2.51. The fourth-order valence-electron chi connectivity index (χ4n) is 4.11. The molecular weight excluding hydrogens is 270 g/mol. The fraction of sp³-hybridized carbons (Fsp3) is 0.700. The van der Waals surface area contributed by atoms with Gasteiger partial charge in [-0.2, -0.15) is 0 Å². The minimum absolute atomic E-state index is 0.239. The maximum atomic E-state index is 11.5. The van der Waals surface area contributed by atoms with Crippen LogP contribution in [0.25, 0.3) is 0 Å². The van der Waals surface area contributed by atoms with Crippen LogP contribution < -0.4 is 0 Å². The molecule has 0 spiro atoms. The van der Waals surface area contributed by atoms with Gasteiger partial charge >= 0.3 is 0 Å². The maximum Gasteiger partial charge on any atom is 0.0733 e. The number of aliphatic hydroxyl groups is 1. The van der Waals surface area contributed by atoms with Gasteiger partial charge in [-0.25, -0.2) is 0 Å². The lowest BCUT2D eigenvalue weighted by Gasteiger charge is -2.48. The van der Waals surface area contributed by atoms with Crippen LogP contribution in [0, 0.1) is 11.3 Å². The summed E-state index contributed by atoms with van der Waals surface area (Å²) in [6.45, 7) is 12.2. The summed E-state index contributed by atoms with van der Waals surface area (Å²) in [5.41, 5.74) is 0.918. The molecule has 0 aromatic heterocycles. The Bertz CT molecular complexity index is 452. The Balaban J connectivity index is 2.19. The molecule has 1 fully saturated rings. The lowest BCUT2D eigenvalue weighted by molar-refractivity contribution is -0.0933. The highest BCUT2D eigenvalue weighted by atomic mass is 16.3. The van der Waals surface area contributed by atoms with Gasteiger partial charge in [0.25, 0.3) is 0 Å². The summed E-state index contributed by atoms with van der Waals surface area (Å²) in [6.07, 6.45) is 4.03. The molecule has 2 atom stereocenters. The molecule has 2 heteroatoms. The van der Waals surface area contributed by atoms with Gasteiger partial charge in [-0.15, -0.1) is 0 Å². The van der Waals surface area contributed by atoms with Gasteiger partial charge in [0.2, 0.25) is 0 Å². The topological polar surface area (TPSA) is 23.5 Å². The van der Waals surface area contributed by atoms with E-state index in [0.29, 0.717) is 5.92 Å². The van der Waals surface area contributed by atoms with Gasteiger partial charge in [-0.3, -0.25) is 0 Å². The van der Waals surface area contributed by atoms with Crippen LogP contribution in [0.5, 0.6) is 0 Å². The predicted octanol–water partition coefficient (Wildman–Crippen LogP) is 4.13. The van der Waals surface area contributed by atoms with E-state index in [1.165, 1.54) is 12.0 Å². The Kier molecular flexibility index (Phi) is 5.68. The number of rotatable bonds is 6. The first-order valence-corrected chi connectivity index (χ1v) is 8.87. The SMILES string of the molecule is CCN(CC)CC1CCC(C)(C)CC1(O)Cc1ccccc1. The van der Waals surface area contributed by atoms with Crippen molar-refractivity contribution in [1.29, 1.82) is 0 Å². The molecule has 2 nitrogen and oxygen atoms in total. The van der Waals surface area contributed by atoms with E-state index in [4.69, 9.17) is 0 Å². The first-order valence-electron chi connectivity index (χ1n) is 8.87. The highest BCUT2D eigenvalue weighted by Gasteiger charge is 2.45. The normalized spacial score (nSPS) is 28.0. The monoisotopic (exact) mass is 303 g/mol. The molecule has 0 bridgehead atoms. The highest BCUT2D eigenvalue weighted by molar-refractivity contribution is 5.18. The molecule has 0 radical (unpaired) electrons. The molecule has 22 heavy (non-hydrogen) atoms. The van der Waals surface area contributed by atoms with E-state index in [1.807, 2.05) is 6.07 Å². The maximum absolute atomic E-state index is 11.5. The van der Waals surface area contributed by atoms with E-state index in [1.54, 1.807) is 0 Å². The van der Waals surface area contributed by atoms with Gasteiger partial charge in [0.05, 0.1) is 5.60 Å². The van der Waals surface area contributed by atoms with E-state index in [-0.39, 0.29) is 5.41 Å². The van der Waals surface area contributed by atoms with Gasteiger partial charge in [-0.1, -0.05) is 58.0 Å². The molecule has 1 saturated carbocycles. The smallest absolute Gasteiger partial charge is 0.0733 e. The number of benzene rings is 1. The van der Waals surface area contributed by atoms with E-state index < -0.39 is 5.60 Å². The molecule has 124 valence electrons. The fourth-order valence-corrected chi connectivity index (χ4v) is 4.11. The van der Waals surface area contributed by atoms with Crippen LogP contribution in [0.4, 0.5) is 0 Å². The summed E-state index contributed by atoms with van der Waals surface area (Å²) in [5.74, 6) is 0.376. The van der Waals surface area contributed by atoms with E-state index in [2.05, 4.69) is 56.9 Å². The average molecular weight is 303 g/mol. The third-order valence-corrected chi connectivity index (χ3v) is 5.44. The largest absolute Gasteiger partial charge is 0.389 e. The summed E-state index contributed by atoms with van der Waals surface area (Å²) in [5, 5.41) is 11.5. The van der Waals surface area contributed by atoms with Crippen molar-refractivity contribution in [3.63, 3.8) is 0 Å². The van der Waals surface area contributed by atoms with Crippen LogP contribution in [0.15, 0.2) is 30.3 Å². The van der Waals surface area contributed by atoms with E-state index >= 15 is 0 Å². The van der Waals surface area contributed by atoms with E-state index in [9.17, 15) is 5.11 Å². The minimum Gasteiger partial charge on any atom is -0.389 e. The summed E-state index contributed by atoms with van der Waals surface area (Å²) < 4.78 is 0.